The minimum atomic E-state index is -4.85. The van der Waals surface area contributed by atoms with Crippen LogP contribution in [0.2, 0.25) is 0 Å². The third-order valence-corrected chi connectivity index (χ3v) is 4.94. The number of rotatable bonds is 4. The molecule has 9 heteroatoms. The van der Waals surface area contributed by atoms with Gasteiger partial charge >= 0.3 is 12.4 Å². The smallest absolute Gasteiger partial charge is 0.360 e. The standard InChI is InChI=1S/C19H16F6N2S/c20-18(21,22)14-8-12(9-15(10-14)19(23,24)25)6-7-27-16(11-26-17(27)28)13-4-2-1-3-5-13/h1-5,8-10,16H,6-7,11H2,(H,26,28)/t16-/m1/s1. The Morgan fingerprint density at radius 1 is 0.929 bits per heavy atom. The normalized spacial score (nSPS) is 17.7. The van der Waals surface area contributed by atoms with E-state index in [1.165, 1.54) is 0 Å². The molecule has 150 valence electrons. The molecule has 1 aliphatic rings. The molecule has 0 saturated carbocycles. The Morgan fingerprint density at radius 2 is 1.50 bits per heavy atom. The van der Waals surface area contributed by atoms with Crippen molar-refractivity contribution in [2.75, 3.05) is 13.1 Å². The van der Waals surface area contributed by atoms with Crippen LogP contribution in [0.25, 0.3) is 0 Å². The molecule has 0 aromatic heterocycles. The molecule has 2 aromatic rings. The van der Waals surface area contributed by atoms with Gasteiger partial charge in [-0.05, 0) is 48.0 Å². The average Bonchev–Trinajstić information content (AvgIpc) is 2.99. The van der Waals surface area contributed by atoms with Gasteiger partial charge in [0.1, 0.15) is 0 Å². The Labute approximate surface area is 163 Å². The van der Waals surface area contributed by atoms with E-state index in [0.29, 0.717) is 11.7 Å². The van der Waals surface area contributed by atoms with Gasteiger partial charge in [0.2, 0.25) is 0 Å². The fourth-order valence-electron chi connectivity index (χ4n) is 3.18. The van der Waals surface area contributed by atoms with Gasteiger partial charge in [-0.25, -0.2) is 0 Å². The van der Waals surface area contributed by atoms with Gasteiger partial charge in [-0.1, -0.05) is 30.3 Å². The lowest BCUT2D eigenvalue weighted by Crippen LogP contribution is -2.31. The quantitative estimate of drug-likeness (QED) is 0.543. The second-order valence-electron chi connectivity index (χ2n) is 6.47. The number of halogens is 6. The lowest BCUT2D eigenvalue weighted by molar-refractivity contribution is -0.143. The van der Waals surface area contributed by atoms with Crippen molar-refractivity contribution in [3.63, 3.8) is 0 Å². The molecule has 0 unspecified atom stereocenters. The van der Waals surface area contributed by atoms with Crippen LogP contribution in [0.3, 0.4) is 0 Å². The summed E-state index contributed by atoms with van der Waals surface area (Å²) in [5, 5.41) is 3.45. The predicted molar refractivity (Wildman–Crippen MR) is 96.6 cm³/mol. The highest BCUT2D eigenvalue weighted by atomic mass is 32.1. The maximum Gasteiger partial charge on any atom is 0.416 e. The molecule has 28 heavy (non-hydrogen) atoms. The number of hydrogen-bond donors (Lipinski definition) is 1. The van der Waals surface area contributed by atoms with Crippen molar-refractivity contribution < 1.29 is 26.3 Å². The van der Waals surface area contributed by atoms with Crippen LogP contribution in [0, 0.1) is 0 Å². The highest BCUT2D eigenvalue weighted by Gasteiger charge is 2.37. The average molecular weight is 418 g/mol. The van der Waals surface area contributed by atoms with E-state index < -0.39 is 23.5 Å². The van der Waals surface area contributed by atoms with Crippen LogP contribution < -0.4 is 5.32 Å². The van der Waals surface area contributed by atoms with Gasteiger partial charge in [-0.3, -0.25) is 0 Å². The molecule has 0 bridgehead atoms. The SMILES string of the molecule is FC(F)(F)c1cc(CCN2C(=S)NC[C@@H]2c2ccccc2)cc(C(F)(F)F)c1. The molecular weight excluding hydrogens is 402 g/mol. The molecule has 1 aliphatic heterocycles. The Kier molecular flexibility index (Phi) is 5.56. The van der Waals surface area contributed by atoms with Crippen LogP contribution in [0.15, 0.2) is 48.5 Å². The van der Waals surface area contributed by atoms with E-state index in [1.54, 1.807) is 4.90 Å². The number of thiocarbonyl (C=S) groups is 1. The number of nitrogens with zero attached hydrogens (tertiary/aromatic N) is 1. The highest BCUT2D eigenvalue weighted by molar-refractivity contribution is 7.80. The van der Waals surface area contributed by atoms with Crippen molar-refractivity contribution in [3.8, 4) is 0 Å². The van der Waals surface area contributed by atoms with E-state index in [2.05, 4.69) is 5.32 Å². The van der Waals surface area contributed by atoms with E-state index in [0.717, 1.165) is 17.7 Å². The zero-order valence-electron chi connectivity index (χ0n) is 14.4. The Balaban J connectivity index is 1.84. The van der Waals surface area contributed by atoms with E-state index in [4.69, 9.17) is 12.2 Å². The Hall–Kier alpha value is -2.29. The maximum absolute atomic E-state index is 13.0. The van der Waals surface area contributed by atoms with E-state index in [1.807, 2.05) is 30.3 Å². The molecule has 1 saturated heterocycles. The predicted octanol–water partition coefficient (Wildman–Crippen LogP) is 5.20. The number of nitrogens with one attached hydrogen (secondary N) is 1. The minimum Gasteiger partial charge on any atom is -0.360 e. The minimum absolute atomic E-state index is 0.00183. The second kappa shape index (κ2) is 7.62. The zero-order chi connectivity index (χ0) is 20.5. The molecule has 2 aromatic carbocycles. The summed E-state index contributed by atoms with van der Waals surface area (Å²) in [6.45, 7) is 0.725. The third kappa shape index (κ3) is 4.57. The number of benzene rings is 2. The third-order valence-electron chi connectivity index (χ3n) is 4.56. The monoisotopic (exact) mass is 418 g/mol. The van der Waals surface area contributed by atoms with Crippen LogP contribution in [-0.2, 0) is 18.8 Å². The van der Waals surface area contributed by atoms with Crippen LogP contribution >= 0.6 is 12.2 Å². The molecule has 1 N–H and O–H groups in total. The number of alkyl halides is 6. The van der Waals surface area contributed by atoms with E-state index in [-0.39, 0.29) is 30.6 Å². The molecule has 0 radical (unpaired) electrons. The van der Waals surface area contributed by atoms with E-state index >= 15 is 0 Å². The largest absolute Gasteiger partial charge is 0.416 e. The van der Waals surface area contributed by atoms with Gasteiger partial charge in [-0.2, -0.15) is 26.3 Å². The number of hydrogen-bond acceptors (Lipinski definition) is 1. The van der Waals surface area contributed by atoms with Crippen molar-refractivity contribution in [2.24, 2.45) is 0 Å². The molecule has 1 fully saturated rings. The van der Waals surface area contributed by atoms with Gasteiger partial charge in [0.05, 0.1) is 17.2 Å². The van der Waals surface area contributed by atoms with Crippen LogP contribution in [-0.4, -0.2) is 23.1 Å². The summed E-state index contributed by atoms with van der Waals surface area (Å²) in [5.41, 5.74) is -1.68. The van der Waals surface area contributed by atoms with Gasteiger partial charge in [0.25, 0.3) is 0 Å². The molecule has 0 aliphatic carbocycles. The summed E-state index contributed by atoms with van der Waals surface area (Å²) in [4.78, 5) is 1.79. The summed E-state index contributed by atoms with van der Waals surface area (Å²) < 4.78 is 78.1. The first-order valence-electron chi connectivity index (χ1n) is 8.43. The van der Waals surface area contributed by atoms with Crippen molar-refractivity contribution in [1.82, 2.24) is 10.2 Å². The zero-order valence-corrected chi connectivity index (χ0v) is 15.3. The highest BCUT2D eigenvalue weighted by Crippen LogP contribution is 2.36. The van der Waals surface area contributed by atoms with E-state index in [9.17, 15) is 26.3 Å². The summed E-state index contributed by atoms with van der Waals surface area (Å²) in [6.07, 6.45) is -9.71. The van der Waals surface area contributed by atoms with Crippen molar-refractivity contribution >= 4 is 17.3 Å². The lowest BCUT2D eigenvalue weighted by atomic mass is 10.0. The van der Waals surface area contributed by atoms with Crippen LogP contribution in [0.1, 0.15) is 28.3 Å². The topological polar surface area (TPSA) is 15.3 Å². The summed E-state index contributed by atoms with van der Waals surface area (Å²) in [5.74, 6) is 0. The molecule has 2 nitrogen and oxygen atoms in total. The van der Waals surface area contributed by atoms with Gasteiger partial charge in [0, 0.05) is 13.1 Å². The molecule has 0 spiro atoms. The van der Waals surface area contributed by atoms with Crippen molar-refractivity contribution in [3.05, 3.63) is 70.8 Å². The van der Waals surface area contributed by atoms with Gasteiger partial charge in [0.15, 0.2) is 5.11 Å². The van der Waals surface area contributed by atoms with Crippen molar-refractivity contribution in [1.29, 1.82) is 0 Å². The van der Waals surface area contributed by atoms with Crippen LogP contribution in [0.5, 0.6) is 0 Å². The molecular formula is C19H16F6N2S. The Morgan fingerprint density at radius 3 is 2.04 bits per heavy atom. The van der Waals surface area contributed by atoms with Gasteiger partial charge < -0.3 is 10.2 Å². The van der Waals surface area contributed by atoms with Crippen molar-refractivity contribution in [2.45, 2.75) is 24.8 Å². The summed E-state index contributed by atoms with van der Waals surface area (Å²) >= 11 is 5.26. The second-order valence-corrected chi connectivity index (χ2v) is 6.86. The summed E-state index contributed by atoms with van der Waals surface area (Å²) in [6, 6.07) is 10.9. The van der Waals surface area contributed by atoms with Crippen LogP contribution in [0.4, 0.5) is 26.3 Å². The fraction of sp³-hybridized carbons (Fsp3) is 0.316. The lowest BCUT2D eigenvalue weighted by Gasteiger charge is -2.25. The summed E-state index contributed by atoms with van der Waals surface area (Å²) in [7, 11) is 0. The van der Waals surface area contributed by atoms with Gasteiger partial charge in [-0.15, -0.1) is 0 Å². The first kappa shape index (κ1) is 20.4. The maximum atomic E-state index is 13.0. The molecule has 3 rings (SSSR count). The first-order valence-corrected chi connectivity index (χ1v) is 8.84. The first-order chi connectivity index (χ1) is 13.1. The molecule has 0 amide bonds. The Bertz CT molecular complexity index is 815. The molecule has 1 heterocycles. The fourth-order valence-corrected chi connectivity index (χ4v) is 3.48. The molecule has 1 atom stereocenters.